The number of carbonyl (C=O) groups excluding carboxylic acids is 2. The summed E-state index contributed by atoms with van der Waals surface area (Å²) in [6.45, 7) is 8.42. The van der Waals surface area contributed by atoms with Gasteiger partial charge in [0.05, 0.1) is 5.75 Å². The van der Waals surface area contributed by atoms with Crippen LogP contribution >= 0.6 is 23.4 Å². The molecule has 0 bridgehead atoms. The van der Waals surface area contributed by atoms with Gasteiger partial charge in [-0.15, -0.1) is 11.8 Å². The second-order valence-corrected chi connectivity index (χ2v) is 9.23. The van der Waals surface area contributed by atoms with Gasteiger partial charge in [-0.1, -0.05) is 61.8 Å². The number of rotatable bonds is 11. The lowest BCUT2D eigenvalue weighted by atomic mass is 10.1. The SMILES string of the molecule is CC[C@H](C)NC(=O)[C@H](CC)N(Cc1ccc(Cl)cc1)C(=O)CSCc1ccccc1C. The van der Waals surface area contributed by atoms with E-state index < -0.39 is 6.04 Å². The molecule has 0 saturated carbocycles. The normalized spacial score (nSPS) is 12.8. The van der Waals surface area contributed by atoms with Gasteiger partial charge in [-0.2, -0.15) is 0 Å². The molecule has 168 valence electrons. The number of thioether (sulfide) groups is 1. The lowest BCUT2D eigenvalue weighted by molar-refractivity contribution is -0.139. The first-order valence-electron chi connectivity index (χ1n) is 10.8. The lowest BCUT2D eigenvalue weighted by Gasteiger charge is -2.31. The Bertz CT molecular complexity index is 857. The molecule has 0 aromatic heterocycles. The van der Waals surface area contributed by atoms with E-state index in [9.17, 15) is 9.59 Å². The minimum Gasteiger partial charge on any atom is -0.352 e. The van der Waals surface area contributed by atoms with Crippen LogP contribution in [0.5, 0.6) is 0 Å². The molecule has 4 nitrogen and oxygen atoms in total. The Morgan fingerprint density at radius 3 is 2.35 bits per heavy atom. The quantitative estimate of drug-likeness (QED) is 0.474. The van der Waals surface area contributed by atoms with E-state index in [1.165, 1.54) is 11.1 Å². The summed E-state index contributed by atoms with van der Waals surface area (Å²) < 4.78 is 0. The average molecular weight is 461 g/mol. The number of halogens is 1. The summed E-state index contributed by atoms with van der Waals surface area (Å²) in [5.41, 5.74) is 3.40. The third-order valence-corrected chi connectivity index (χ3v) is 6.62. The van der Waals surface area contributed by atoms with Gasteiger partial charge in [-0.25, -0.2) is 0 Å². The van der Waals surface area contributed by atoms with Crippen LogP contribution in [0.3, 0.4) is 0 Å². The third-order valence-electron chi connectivity index (χ3n) is 5.40. The largest absolute Gasteiger partial charge is 0.352 e. The maximum Gasteiger partial charge on any atom is 0.243 e. The van der Waals surface area contributed by atoms with Crippen molar-refractivity contribution in [3.8, 4) is 0 Å². The zero-order valence-corrected chi connectivity index (χ0v) is 20.4. The van der Waals surface area contributed by atoms with Crippen molar-refractivity contribution in [2.45, 2.75) is 64.9 Å². The van der Waals surface area contributed by atoms with Crippen molar-refractivity contribution in [1.82, 2.24) is 10.2 Å². The first-order chi connectivity index (χ1) is 14.8. The fraction of sp³-hybridized carbons (Fsp3) is 0.440. The van der Waals surface area contributed by atoms with Gasteiger partial charge in [-0.3, -0.25) is 9.59 Å². The molecule has 2 aromatic carbocycles. The van der Waals surface area contributed by atoms with Gasteiger partial charge in [0.25, 0.3) is 0 Å². The van der Waals surface area contributed by atoms with Gasteiger partial charge in [0.15, 0.2) is 0 Å². The van der Waals surface area contributed by atoms with E-state index >= 15 is 0 Å². The molecular formula is C25H33ClN2O2S. The molecule has 0 aliphatic rings. The van der Waals surface area contributed by atoms with Crippen LogP contribution in [0.15, 0.2) is 48.5 Å². The van der Waals surface area contributed by atoms with Crippen LogP contribution in [0.4, 0.5) is 0 Å². The summed E-state index contributed by atoms with van der Waals surface area (Å²) in [6.07, 6.45) is 1.41. The van der Waals surface area contributed by atoms with E-state index in [1.54, 1.807) is 16.7 Å². The molecule has 0 aliphatic carbocycles. The number of nitrogens with zero attached hydrogens (tertiary/aromatic N) is 1. The van der Waals surface area contributed by atoms with Crippen molar-refractivity contribution in [2.24, 2.45) is 0 Å². The van der Waals surface area contributed by atoms with Gasteiger partial charge in [0.1, 0.15) is 6.04 Å². The summed E-state index contributed by atoms with van der Waals surface area (Å²) in [6, 6.07) is 15.2. The van der Waals surface area contributed by atoms with Crippen LogP contribution in [0, 0.1) is 6.92 Å². The summed E-state index contributed by atoms with van der Waals surface area (Å²) in [5, 5.41) is 3.69. The molecular weight excluding hydrogens is 428 g/mol. The van der Waals surface area contributed by atoms with Crippen LogP contribution < -0.4 is 5.32 Å². The summed E-state index contributed by atoms with van der Waals surface area (Å²) in [7, 11) is 0. The highest BCUT2D eigenvalue weighted by molar-refractivity contribution is 7.99. The Labute approximate surface area is 195 Å². The highest BCUT2D eigenvalue weighted by atomic mass is 35.5. The van der Waals surface area contributed by atoms with Crippen LogP contribution in [-0.2, 0) is 21.9 Å². The van der Waals surface area contributed by atoms with E-state index in [0.29, 0.717) is 23.7 Å². The Kier molecular flexibility index (Phi) is 10.4. The van der Waals surface area contributed by atoms with Gasteiger partial charge in [0.2, 0.25) is 11.8 Å². The number of hydrogen-bond acceptors (Lipinski definition) is 3. The van der Waals surface area contributed by atoms with Crippen molar-refractivity contribution < 1.29 is 9.59 Å². The van der Waals surface area contributed by atoms with E-state index in [0.717, 1.165) is 17.7 Å². The minimum atomic E-state index is -0.503. The first-order valence-corrected chi connectivity index (χ1v) is 12.4. The highest BCUT2D eigenvalue weighted by Crippen LogP contribution is 2.20. The molecule has 2 amide bonds. The van der Waals surface area contributed by atoms with Crippen molar-refractivity contribution in [2.75, 3.05) is 5.75 Å². The number of nitrogens with one attached hydrogen (secondary N) is 1. The van der Waals surface area contributed by atoms with Gasteiger partial charge < -0.3 is 10.2 Å². The van der Waals surface area contributed by atoms with E-state index in [4.69, 9.17) is 11.6 Å². The maximum absolute atomic E-state index is 13.2. The Morgan fingerprint density at radius 2 is 1.74 bits per heavy atom. The van der Waals surface area contributed by atoms with Gasteiger partial charge in [-0.05, 0) is 55.5 Å². The molecule has 0 radical (unpaired) electrons. The number of hydrogen-bond donors (Lipinski definition) is 1. The molecule has 0 heterocycles. The summed E-state index contributed by atoms with van der Waals surface area (Å²) in [4.78, 5) is 27.9. The fourth-order valence-corrected chi connectivity index (χ4v) is 4.36. The smallest absolute Gasteiger partial charge is 0.243 e. The zero-order valence-electron chi connectivity index (χ0n) is 18.9. The fourth-order valence-electron chi connectivity index (χ4n) is 3.25. The maximum atomic E-state index is 13.2. The molecule has 2 atom stereocenters. The van der Waals surface area contributed by atoms with E-state index in [1.807, 2.05) is 57.2 Å². The topological polar surface area (TPSA) is 49.4 Å². The molecule has 2 aromatic rings. The monoisotopic (exact) mass is 460 g/mol. The summed E-state index contributed by atoms with van der Waals surface area (Å²) in [5.74, 6) is 0.973. The number of aryl methyl sites for hydroxylation is 1. The first kappa shape index (κ1) is 25.3. The van der Waals surface area contributed by atoms with Crippen LogP contribution in [0.1, 0.15) is 50.3 Å². The second kappa shape index (κ2) is 12.8. The van der Waals surface area contributed by atoms with E-state index in [-0.39, 0.29) is 17.9 Å². The third kappa shape index (κ3) is 7.89. The molecule has 0 saturated heterocycles. The predicted octanol–water partition coefficient (Wildman–Crippen LogP) is 5.60. The molecule has 0 spiro atoms. The number of carbonyl (C=O) groups is 2. The molecule has 6 heteroatoms. The van der Waals surface area contributed by atoms with Crippen molar-refractivity contribution >= 4 is 35.2 Å². The van der Waals surface area contributed by atoms with Gasteiger partial charge >= 0.3 is 0 Å². The lowest BCUT2D eigenvalue weighted by Crippen LogP contribution is -2.51. The van der Waals surface area contributed by atoms with Crippen LogP contribution in [-0.4, -0.2) is 34.6 Å². The van der Waals surface area contributed by atoms with E-state index in [2.05, 4.69) is 24.4 Å². The summed E-state index contributed by atoms with van der Waals surface area (Å²) >= 11 is 7.60. The zero-order chi connectivity index (χ0) is 22.8. The molecule has 1 N–H and O–H groups in total. The molecule has 0 unspecified atom stereocenters. The van der Waals surface area contributed by atoms with Crippen molar-refractivity contribution in [3.05, 3.63) is 70.2 Å². The van der Waals surface area contributed by atoms with Crippen LogP contribution in [0.25, 0.3) is 0 Å². The predicted molar refractivity (Wildman–Crippen MR) is 131 cm³/mol. The Balaban J connectivity index is 2.14. The Hall–Kier alpha value is -1.98. The van der Waals surface area contributed by atoms with Crippen molar-refractivity contribution in [3.63, 3.8) is 0 Å². The number of amides is 2. The standard InChI is InChI=1S/C25H33ClN2O2S/c1-5-19(4)27-25(30)23(6-2)28(15-20-11-13-22(26)14-12-20)24(29)17-31-16-21-10-8-7-9-18(21)3/h7-14,19,23H,5-6,15-17H2,1-4H3,(H,27,30)/t19-,23-/m0/s1. The average Bonchev–Trinajstić information content (AvgIpc) is 2.76. The molecule has 31 heavy (non-hydrogen) atoms. The highest BCUT2D eigenvalue weighted by Gasteiger charge is 2.29. The number of benzene rings is 2. The molecule has 0 fully saturated rings. The van der Waals surface area contributed by atoms with Crippen LogP contribution in [0.2, 0.25) is 5.02 Å². The molecule has 0 aliphatic heterocycles. The minimum absolute atomic E-state index is 0.0281. The molecule has 2 rings (SSSR count). The second-order valence-electron chi connectivity index (χ2n) is 7.81. The van der Waals surface area contributed by atoms with Gasteiger partial charge in [0, 0.05) is 23.4 Å². The van der Waals surface area contributed by atoms with Crippen molar-refractivity contribution in [1.29, 1.82) is 0 Å². The Morgan fingerprint density at radius 1 is 1.06 bits per heavy atom.